The minimum absolute atomic E-state index is 0.105. The van der Waals surface area contributed by atoms with Crippen LogP contribution in [-0.2, 0) is 32.7 Å². The quantitative estimate of drug-likeness (QED) is 0.0242. The standard InChI is InChI=1S/C39H75O10P/c1-3-5-7-9-11-13-15-17-18-19-21-23-25-27-29-31-39(43)49-37(35-48-50(44,45)47-33-36(41)32-40)34-46-38(42)30-28-26-24-22-20-16-14-12-10-8-6-4-2/h25,27,36-37,40-41H,3-24,26,28-35H2,1-2H3,(H,44,45)/b27-25+/t36-,37+/m0/s1. The third-order valence-electron chi connectivity index (χ3n) is 8.68. The average molecular weight is 735 g/mol. The van der Waals surface area contributed by atoms with Crippen LogP contribution in [0.3, 0.4) is 0 Å². The maximum Gasteiger partial charge on any atom is 0.472 e. The first kappa shape index (κ1) is 48.7. The summed E-state index contributed by atoms with van der Waals surface area (Å²) in [5.41, 5.74) is 0. The van der Waals surface area contributed by atoms with Crippen LogP contribution in [0.25, 0.3) is 0 Å². The van der Waals surface area contributed by atoms with Crippen LogP contribution in [0, 0.1) is 0 Å². The summed E-state index contributed by atoms with van der Waals surface area (Å²) in [4.78, 5) is 34.8. The Kier molecular flexibility index (Phi) is 35.2. The number of hydrogen-bond acceptors (Lipinski definition) is 9. The smallest absolute Gasteiger partial charge is 0.462 e. The fraction of sp³-hybridized carbons (Fsp3) is 0.897. The fourth-order valence-electron chi connectivity index (χ4n) is 5.54. The summed E-state index contributed by atoms with van der Waals surface area (Å²) in [6, 6.07) is 0. The number of aliphatic hydroxyl groups is 2. The minimum atomic E-state index is -4.61. The number of hydrogen-bond donors (Lipinski definition) is 3. The van der Waals surface area contributed by atoms with Crippen molar-refractivity contribution in [1.82, 2.24) is 0 Å². The number of carbonyl (C=O) groups is 2. The van der Waals surface area contributed by atoms with Gasteiger partial charge in [0.05, 0.1) is 19.8 Å². The van der Waals surface area contributed by atoms with E-state index < -0.39 is 51.8 Å². The molecule has 10 nitrogen and oxygen atoms in total. The number of phosphoric ester groups is 1. The van der Waals surface area contributed by atoms with Gasteiger partial charge in [-0.25, -0.2) is 4.57 Å². The largest absolute Gasteiger partial charge is 0.472 e. The van der Waals surface area contributed by atoms with Crippen molar-refractivity contribution < 1.29 is 47.8 Å². The van der Waals surface area contributed by atoms with E-state index in [1.165, 1.54) is 116 Å². The lowest BCUT2D eigenvalue weighted by Crippen LogP contribution is -2.29. The highest BCUT2D eigenvalue weighted by atomic mass is 31.2. The van der Waals surface area contributed by atoms with Gasteiger partial charge in [-0.05, 0) is 25.7 Å². The van der Waals surface area contributed by atoms with Crippen LogP contribution in [0.15, 0.2) is 12.2 Å². The third-order valence-corrected chi connectivity index (χ3v) is 9.63. The van der Waals surface area contributed by atoms with Gasteiger partial charge in [0.2, 0.25) is 0 Å². The third kappa shape index (κ3) is 35.1. The fourth-order valence-corrected chi connectivity index (χ4v) is 6.33. The Labute approximate surface area is 305 Å². The van der Waals surface area contributed by atoms with Gasteiger partial charge < -0.3 is 24.6 Å². The molecule has 3 atom stereocenters. The van der Waals surface area contributed by atoms with Gasteiger partial charge >= 0.3 is 19.8 Å². The lowest BCUT2D eigenvalue weighted by Gasteiger charge is -2.20. The maximum absolute atomic E-state index is 12.5. The van der Waals surface area contributed by atoms with E-state index in [2.05, 4.69) is 24.4 Å². The topological polar surface area (TPSA) is 149 Å². The molecule has 0 aliphatic carbocycles. The molecule has 0 radical (unpaired) electrons. The molecule has 0 saturated heterocycles. The Morgan fingerprint density at radius 3 is 1.52 bits per heavy atom. The van der Waals surface area contributed by atoms with Gasteiger partial charge in [-0.2, -0.15) is 0 Å². The minimum Gasteiger partial charge on any atom is -0.462 e. The molecule has 0 aromatic rings. The number of aliphatic hydroxyl groups excluding tert-OH is 2. The van der Waals surface area contributed by atoms with Crippen molar-refractivity contribution in [3.05, 3.63) is 12.2 Å². The Bertz CT molecular complexity index is 853. The molecule has 0 aliphatic rings. The van der Waals surface area contributed by atoms with Crippen LogP contribution in [0.4, 0.5) is 0 Å². The highest BCUT2D eigenvalue weighted by Crippen LogP contribution is 2.43. The summed E-state index contributed by atoms with van der Waals surface area (Å²) in [7, 11) is -4.61. The number of unbranched alkanes of at least 4 members (excludes halogenated alkanes) is 22. The summed E-state index contributed by atoms with van der Waals surface area (Å²) in [6.07, 6.45) is 31.9. The van der Waals surface area contributed by atoms with E-state index in [9.17, 15) is 24.2 Å². The second kappa shape index (κ2) is 36.1. The predicted octanol–water partition coefficient (Wildman–Crippen LogP) is 10.1. The number of phosphoric acid groups is 1. The highest BCUT2D eigenvalue weighted by molar-refractivity contribution is 7.47. The van der Waals surface area contributed by atoms with E-state index in [0.29, 0.717) is 12.8 Å². The zero-order valence-corrected chi connectivity index (χ0v) is 32.8. The zero-order valence-electron chi connectivity index (χ0n) is 31.9. The second-order valence-corrected chi connectivity index (χ2v) is 15.1. The number of esters is 2. The molecule has 11 heteroatoms. The van der Waals surface area contributed by atoms with Crippen molar-refractivity contribution in [2.75, 3.05) is 26.4 Å². The predicted molar refractivity (Wildman–Crippen MR) is 201 cm³/mol. The lowest BCUT2D eigenvalue weighted by atomic mass is 10.0. The molecule has 50 heavy (non-hydrogen) atoms. The molecule has 0 rings (SSSR count). The molecular weight excluding hydrogens is 659 g/mol. The van der Waals surface area contributed by atoms with E-state index in [1.54, 1.807) is 0 Å². The summed E-state index contributed by atoms with van der Waals surface area (Å²) >= 11 is 0. The highest BCUT2D eigenvalue weighted by Gasteiger charge is 2.27. The Hall–Kier alpha value is -1.29. The first-order valence-electron chi connectivity index (χ1n) is 20.1. The molecule has 0 aromatic carbocycles. The van der Waals surface area contributed by atoms with E-state index in [-0.39, 0.29) is 19.4 Å². The Balaban J connectivity index is 4.36. The number of allylic oxidation sites excluding steroid dienone is 2. The summed E-state index contributed by atoms with van der Waals surface area (Å²) in [5.74, 6) is -0.975. The number of ether oxygens (including phenoxy) is 2. The Morgan fingerprint density at radius 2 is 1.02 bits per heavy atom. The SMILES string of the molecule is CCCCCCCCCCCCC/C=C/CCC(=O)O[C@H](COC(=O)CCCCCCCCCCCCCC)COP(=O)(O)OC[C@@H](O)CO. The average Bonchev–Trinajstić information content (AvgIpc) is 3.10. The molecule has 0 heterocycles. The van der Waals surface area contributed by atoms with Gasteiger partial charge in [-0.1, -0.05) is 161 Å². The van der Waals surface area contributed by atoms with Gasteiger partial charge in [0, 0.05) is 12.8 Å². The summed E-state index contributed by atoms with van der Waals surface area (Å²) in [6.45, 7) is 2.34. The molecule has 0 bridgehead atoms. The Morgan fingerprint density at radius 1 is 0.580 bits per heavy atom. The first-order chi connectivity index (χ1) is 24.2. The molecule has 0 amide bonds. The molecule has 296 valence electrons. The molecular formula is C39H75O10P. The number of rotatable bonds is 38. The van der Waals surface area contributed by atoms with Crippen LogP contribution < -0.4 is 0 Å². The number of carbonyl (C=O) groups excluding carboxylic acids is 2. The zero-order chi connectivity index (χ0) is 37.0. The first-order valence-corrected chi connectivity index (χ1v) is 21.6. The van der Waals surface area contributed by atoms with E-state index in [0.717, 1.165) is 32.1 Å². The summed E-state index contributed by atoms with van der Waals surface area (Å²) < 4.78 is 32.6. The van der Waals surface area contributed by atoms with Gasteiger partial charge in [0.1, 0.15) is 12.7 Å². The van der Waals surface area contributed by atoms with Gasteiger partial charge in [0.25, 0.3) is 0 Å². The monoisotopic (exact) mass is 735 g/mol. The van der Waals surface area contributed by atoms with Crippen molar-refractivity contribution in [2.24, 2.45) is 0 Å². The van der Waals surface area contributed by atoms with Gasteiger partial charge in [-0.3, -0.25) is 18.6 Å². The van der Waals surface area contributed by atoms with E-state index in [4.69, 9.17) is 19.1 Å². The lowest BCUT2D eigenvalue weighted by molar-refractivity contribution is -0.161. The van der Waals surface area contributed by atoms with Crippen molar-refractivity contribution in [3.8, 4) is 0 Å². The molecule has 1 unspecified atom stereocenters. The van der Waals surface area contributed by atoms with E-state index in [1.807, 2.05) is 6.08 Å². The molecule has 0 saturated carbocycles. The van der Waals surface area contributed by atoms with Gasteiger partial charge in [-0.15, -0.1) is 0 Å². The normalized spacial score (nSPS) is 14.1. The van der Waals surface area contributed by atoms with Crippen LogP contribution in [0.2, 0.25) is 0 Å². The van der Waals surface area contributed by atoms with Gasteiger partial charge in [0.15, 0.2) is 6.10 Å². The molecule has 0 aliphatic heterocycles. The molecule has 0 aromatic heterocycles. The maximum atomic E-state index is 12.5. The molecule has 0 fully saturated rings. The second-order valence-electron chi connectivity index (χ2n) is 13.7. The van der Waals surface area contributed by atoms with Crippen molar-refractivity contribution in [2.45, 2.75) is 199 Å². The van der Waals surface area contributed by atoms with E-state index >= 15 is 0 Å². The molecule has 3 N–H and O–H groups in total. The molecule has 0 spiro atoms. The van der Waals surface area contributed by atoms with Crippen LogP contribution in [0.5, 0.6) is 0 Å². The van der Waals surface area contributed by atoms with Crippen molar-refractivity contribution in [3.63, 3.8) is 0 Å². The van der Waals surface area contributed by atoms with Crippen LogP contribution >= 0.6 is 7.82 Å². The summed E-state index contributed by atoms with van der Waals surface area (Å²) in [5, 5.41) is 18.3. The van der Waals surface area contributed by atoms with Crippen molar-refractivity contribution >= 4 is 19.8 Å². The van der Waals surface area contributed by atoms with Crippen LogP contribution in [0.1, 0.15) is 187 Å². The van der Waals surface area contributed by atoms with Crippen LogP contribution in [-0.4, -0.2) is 65.7 Å². The van der Waals surface area contributed by atoms with Crippen molar-refractivity contribution in [1.29, 1.82) is 0 Å².